The summed E-state index contributed by atoms with van der Waals surface area (Å²) in [4.78, 5) is 0. The fourth-order valence-electron chi connectivity index (χ4n) is 2.00. The second-order valence-electron chi connectivity index (χ2n) is 4.79. The molecule has 0 aliphatic heterocycles. The first kappa shape index (κ1) is 15.4. The smallest absolute Gasteiger partial charge is 0.120 e. The van der Waals surface area contributed by atoms with Crippen molar-refractivity contribution in [3.63, 3.8) is 0 Å². The van der Waals surface area contributed by atoms with Crippen molar-refractivity contribution in [2.75, 3.05) is 18.6 Å². The highest BCUT2D eigenvalue weighted by atomic mass is 32.2. The van der Waals surface area contributed by atoms with Crippen LogP contribution < -0.4 is 5.32 Å². The van der Waals surface area contributed by atoms with Gasteiger partial charge in [0.25, 0.3) is 0 Å². The normalized spacial score (nSPS) is 12.6. The van der Waals surface area contributed by atoms with Gasteiger partial charge in [0.2, 0.25) is 0 Å². The third-order valence-electron chi connectivity index (χ3n) is 3.13. The molecule has 1 aromatic carbocycles. The van der Waals surface area contributed by atoms with Crippen LogP contribution in [0, 0.1) is 6.92 Å². The zero-order valence-electron chi connectivity index (χ0n) is 11.7. The van der Waals surface area contributed by atoms with E-state index in [0.717, 1.165) is 17.7 Å². The van der Waals surface area contributed by atoms with E-state index in [9.17, 15) is 5.11 Å². The number of phenolic OH excluding ortho intramolecular Hbond substituents is 1. The van der Waals surface area contributed by atoms with Crippen LogP contribution in [0.5, 0.6) is 5.75 Å². The first-order chi connectivity index (χ1) is 8.65. The molecule has 0 amide bonds. The summed E-state index contributed by atoms with van der Waals surface area (Å²) in [6, 6.07) is 6.10. The van der Waals surface area contributed by atoms with E-state index in [2.05, 4.69) is 18.5 Å². The van der Waals surface area contributed by atoms with E-state index in [1.165, 1.54) is 25.0 Å². The van der Waals surface area contributed by atoms with Crippen molar-refractivity contribution in [3.05, 3.63) is 29.3 Å². The summed E-state index contributed by atoms with van der Waals surface area (Å²) in [7, 11) is 0. The lowest BCUT2D eigenvalue weighted by molar-refractivity contribution is 0.450. The number of aryl methyl sites for hydroxylation is 1. The molecule has 0 bridgehead atoms. The molecule has 3 heteroatoms. The van der Waals surface area contributed by atoms with Gasteiger partial charge in [-0.05, 0) is 56.9 Å². The first-order valence-corrected chi connectivity index (χ1v) is 8.06. The van der Waals surface area contributed by atoms with E-state index in [1.54, 1.807) is 0 Å². The molecule has 1 rings (SSSR count). The second kappa shape index (κ2) is 8.44. The Balaban J connectivity index is 2.29. The zero-order valence-corrected chi connectivity index (χ0v) is 12.5. The number of rotatable bonds is 8. The molecular weight excluding hydrogens is 242 g/mol. The molecule has 0 radical (unpaired) electrons. The Morgan fingerprint density at radius 2 is 2.06 bits per heavy atom. The van der Waals surface area contributed by atoms with Gasteiger partial charge in [-0.1, -0.05) is 18.6 Å². The van der Waals surface area contributed by atoms with Crippen LogP contribution in [0.4, 0.5) is 0 Å². The third-order valence-corrected chi connectivity index (χ3v) is 3.83. The Morgan fingerprint density at radius 3 is 2.72 bits per heavy atom. The lowest BCUT2D eigenvalue weighted by Gasteiger charge is -2.16. The Labute approximate surface area is 115 Å². The number of benzene rings is 1. The molecule has 0 aliphatic rings. The van der Waals surface area contributed by atoms with Crippen LogP contribution in [-0.2, 0) is 0 Å². The average Bonchev–Trinajstić information content (AvgIpc) is 2.33. The van der Waals surface area contributed by atoms with Crippen molar-refractivity contribution < 1.29 is 5.11 Å². The molecule has 1 atom stereocenters. The van der Waals surface area contributed by atoms with E-state index in [0.29, 0.717) is 5.75 Å². The van der Waals surface area contributed by atoms with Crippen LogP contribution in [0.3, 0.4) is 0 Å². The fourth-order valence-corrected chi connectivity index (χ4v) is 2.49. The van der Waals surface area contributed by atoms with Gasteiger partial charge in [0.05, 0.1) is 0 Å². The molecule has 2 N–H and O–H groups in total. The highest BCUT2D eigenvalue weighted by molar-refractivity contribution is 7.98. The van der Waals surface area contributed by atoms with Crippen molar-refractivity contribution in [1.82, 2.24) is 5.32 Å². The van der Waals surface area contributed by atoms with Crippen LogP contribution in [0.2, 0.25) is 0 Å². The Morgan fingerprint density at radius 1 is 1.28 bits per heavy atom. The van der Waals surface area contributed by atoms with Gasteiger partial charge in [0, 0.05) is 11.6 Å². The molecule has 1 unspecified atom stereocenters. The van der Waals surface area contributed by atoms with Gasteiger partial charge in [-0.3, -0.25) is 0 Å². The molecule has 0 heterocycles. The van der Waals surface area contributed by atoms with Crippen LogP contribution in [0.1, 0.15) is 43.4 Å². The van der Waals surface area contributed by atoms with E-state index >= 15 is 0 Å². The van der Waals surface area contributed by atoms with Crippen molar-refractivity contribution in [2.45, 2.75) is 39.2 Å². The molecule has 0 aromatic heterocycles. The van der Waals surface area contributed by atoms with Gasteiger partial charge < -0.3 is 10.4 Å². The standard InChI is InChI=1S/C15H25NOS/c1-12-7-8-14(15(17)11-12)13(2)16-9-5-4-6-10-18-3/h7-8,11,13,16-17H,4-6,9-10H2,1-3H3. The molecule has 0 saturated carbocycles. The van der Waals surface area contributed by atoms with Gasteiger partial charge >= 0.3 is 0 Å². The highest BCUT2D eigenvalue weighted by Gasteiger charge is 2.09. The summed E-state index contributed by atoms with van der Waals surface area (Å²) in [5.74, 6) is 1.66. The van der Waals surface area contributed by atoms with E-state index < -0.39 is 0 Å². The van der Waals surface area contributed by atoms with Gasteiger partial charge in [-0.25, -0.2) is 0 Å². The molecule has 18 heavy (non-hydrogen) atoms. The first-order valence-electron chi connectivity index (χ1n) is 6.67. The highest BCUT2D eigenvalue weighted by Crippen LogP contribution is 2.24. The molecule has 102 valence electrons. The van der Waals surface area contributed by atoms with Crippen LogP contribution in [0.15, 0.2) is 18.2 Å². The lowest BCUT2D eigenvalue weighted by atomic mass is 10.0. The Bertz CT molecular complexity index is 354. The van der Waals surface area contributed by atoms with Crippen LogP contribution in [0.25, 0.3) is 0 Å². The van der Waals surface area contributed by atoms with Crippen molar-refractivity contribution in [1.29, 1.82) is 0 Å². The topological polar surface area (TPSA) is 32.3 Å². The molecule has 0 saturated heterocycles. The van der Waals surface area contributed by atoms with E-state index in [-0.39, 0.29) is 6.04 Å². The van der Waals surface area contributed by atoms with E-state index in [1.807, 2.05) is 36.9 Å². The molecule has 0 spiro atoms. The maximum Gasteiger partial charge on any atom is 0.120 e. The summed E-state index contributed by atoms with van der Waals surface area (Å²) in [6.07, 6.45) is 5.94. The largest absolute Gasteiger partial charge is 0.508 e. The molecular formula is C15H25NOS. The number of unbranched alkanes of at least 4 members (excludes halogenated alkanes) is 2. The maximum absolute atomic E-state index is 9.89. The second-order valence-corrected chi connectivity index (χ2v) is 5.78. The predicted octanol–water partition coefficient (Wildman–Crippen LogP) is 3.88. The lowest BCUT2D eigenvalue weighted by Crippen LogP contribution is -2.20. The molecule has 1 aromatic rings. The van der Waals surface area contributed by atoms with E-state index in [4.69, 9.17) is 0 Å². The van der Waals surface area contributed by atoms with Gasteiger partial charge in [-0.2, -0.15) is 11.8 Å². The maximum atomic E-state index is 9.89. The molecule has 2 nitrogen and oxygen atoms in total. The SMILES string of the molecule is CSCCCCCNC(C)c1ccc(C)cc1O. The summed E-state index contributed by atoms with van der Waals surface area (Å²) < 4.78 is 0. The van der Waals surface area contributed by atoms with Gasteiger partial charge in [0.15, 0.2) is 0 Å². The summed E-state index contributed by atoms with van der Waals surface area (Å²) in [6.45, 7) is 5.11. The molecule has 0 aliphatic carbocycles. The van der Waals surface area contributed by atoms with Crippen molar-refractivity contribution in [2.24, 2.45) is 0 Å². The number of nitrogens with one attached hydrogen (secondary N) is 1. The number of thioether (sulfide) groups is 1. The summed E-state index contributed by atoms with van der Waals surface area (Å²) in [5.41, 5.74) is 2.09. The number of aromatic hydroxyl groups is 1. The average molecular weight is 267 g/mol. The predicted molar refractivity (Wildman–Crippen MR) is 81.5 cm³/mol. The van der Waals surface area contributed by atoms with Gasteiger partial charge in [0.1, 0.15) is 5.75 Å². The Kier molecular flexibility index (Phi) is 7.21. The summed E-state index contributed by atoms with van der Waals surface area (Å²) in [5, 5.41) is 13.4. The monoisotopic (exact) mass is 267 g/mol. The minimum absolute atomic E-state index is 0.214. The van der Waals surface area contributed by atoms with Crippen LogP contribution >= 0.6 is 11.8 Å². The van der Waals surface area contributed by atoms with Gasteiger partial charge in [-0.15, -0.1) is 0 Å². The Hall–Kier alpha value is -0.670. The number of hydrogen-bond acceptors (Lipinski definition) is 3. The minimum Gasteiger partial charge on any atom is -0.508 e. The van der Waals surface area contributed by atoms with Crippen molar-refractivity contribution in [3.8, 4) is 5.75 Å². The zero-order chi connectivity index (χ0) is 13.4. The number of phenols is 1. The molecule has 0 fully saturated rings. The van der Waals surface area contributed by atoms with Crippen molar-refractivity contribution >= 4 is 11.8 Å². The fraction of sp³-hybridized carbons (Fsp3) is 0.600. The van der Waals surface area contributed by atoms with Crippen LogP contribution in [-0.4, -0.2) is 23.7 Å². The summed E-state index contributed by atoms with van der Waals surface area (Å²) >= 11 is 1.91. The third kappa shape index (κ3) is 5.32. The number of hydrogen-bond donors (Lipinski definition) is 2. The quantitative estimate of drug-likeness (QED) is 0.701. The minimum atomic E-state index is 0.214.